The van der Waals surface area contributed by atoms with E-state index in [2.05, 4.69) is 29.9 Å². The van der Waals surface area contributed by atoms with Crippen molar-refractivity contribution >= 4 is 30.8 Å². The van der Waals surface area contributed by atoms with Crippen LogP contribution in [0.2, 0.25) is 25.7 Å². The number of carbonyl (C=O) groups is 1. The Kier molecular flexibility index (Phi) is 6.27. The quantitative estimate of drug-likeness (QED) is 0.299. The average Bonchev–Trinajstić information content (AvgIpc) is 3.15. The van der Waals surface area contributed by atoms with E-state index in [0.29, 0.717) is 36.7 Å². The molecule has 4 saturated carbocycles. The van der Waals surface area contributed by atoms with Crippen LogP contribution in [0.4, 0.5) is 5.69 Å². The van der Waals surface area contributed by atoms with Gasteiger partial charge in [-0.15, -0.1) is 0 Å². The van der Waals surface area contributed by atoms with E-state index >= 15 is 0 Å². The third-order valence-electron chi connectivity index (χ3n) is 8.06. The molecule has 6 rings (SSSR count). The van der Waals surface area contributed by atoms with Crippen LogP contribution in [0.25, 0.3) is 11.0 Å². The summed E-state index contributed by atoms with van der Waals surface area (Å²) in [5.41, 5.74) is 1.63. The molecule has 2 aromatic heterocycles. The van der Waals surface area contributed by atoms with Crippen LogP contribution in [0.15, 0.2) is 18.5 Å². The maximum atomic E-state index is 12.8. The number of fused-ring (bicyclic) bond motifs is 1. The molecule has 34 heavy (non-hydrogen) atoms. The van der Waals surface area contributed by atoms with Gasteiger partial charge in [-0.1, -0.05) is 19.6 Å². The van der Waals surface area contributed by atoms with Crippen molar-refractivity contribution in [2.24, 2.45) is 17.8 Å². The molecule has 0 saturated heterocycles. The second kappa shape index (κ2) is 8.95. The van der Waals surface area contributed by atoms with Crippen LogP contribution in [0.1, 0.15) is 49.4 Å². The van der Waals surface area contributed by atoms with Crippen LogP contribution in [-0.2, 0) is 16.2 Å². The lowest BCUT2D eigenvalue weighted by atomic mass is 9.52. The van der Waals surface area contributed by atoms with E-state index in [0.717, 1.165) is 61.5 Å². The van der Waals surface area contributed by atoms with E-state index < -0.39 is 13.7 Å². The molecule has 0 spiro atoms. The van der Waals surface area contributed by atoms with Crippen molar-refractivity contribution < 1.29 is 19.4 Å². The normalized spacial score (nSPS) is 30.1. The first-order valence-corrected chi connectivity index (χ1v) is 16.6. The largest absolute Gasteiger partial charge is 0.462 e. The number of aliphatic hydroxyl groups is 1. The van der Waals surface area contributed by atoms with Gasteiger partial charge in [0.15, 0.2) is 0 Å². The number of ether oxygens (including phenoxy) is 2. The number of pyridine rings is 1. The van der Waals surface area contributed by atoms with E-state index in [1.807, 2.05) is 23.8 Å². The van der Waals surface area contributed by atoms with Crippen molar-refractivity contribution in [3.63, 3.8) is 0 Å². The number of nitrogens with one attached hydrogen (secondary N) is 1. The highest BCUT2D eigenvalue weighted by molar-refractivity contribution is 6.76. The SMILES string of the molecule is CCOC(=O)c1cnc2c(ccn2COCC[Si](C)(C)C)c1NC1[C@@H]2CC3C[C@H]1CC(O)(C3)C2. The van der Waals surface area contributed by atoms with Crippen molar-refractivity contribution in [1.29, 1.82) is 0 Å². The maximum absolute atomic E-state index is 12.8. The molecule has 186 valence electrons. The zero-order valence-electron chi connectivity index (χ0n) is 21.0. The minimum Gasteiger partial charge on any atom is -0.462 e. The van der Waals surface area contributed by atoms with E-state index in [1.54, 1.807) is 6.20 Å². The Hall–Kier alpha value is -1.90. The summed E-state index contributed by atoms with van der Waals surface area (Å²) in [7, 11) is -1.14. The first-order chi connectivity index (χ1) is 16.2. The van der Waals surface area contributed by atoms with Gasteiger partial charge in [0.05, 0.1) is 17.9 Å². The summed E-state index contributed by atoms with van der Waals surface area (Å²) in [5.74, 6) is 1.15. The molecule has 0 aliphatic heterocycles. The Morgan fingerprint density at radius 1 is 1.26 bits per heavy atom. The molecule has 4 aliphatic carbocycles. The molecule has 0 aromatic carbocycles. The van der Waals surface area contributed by atoms with Crippen molar-refractivity contribution in [1.82, 2.24) is 9.55 Å². The fourth-order valence-electron chi connectivity index (χ4n) is 6.69. The van der Waals surface area contributed by atoms with Gasteiger partial charge in [0.25, 0.3) is 0 Å². The van der Waals surface area contributed by atoms with Crippen LogP contribution < -0.4 is 5.32 Å². The highest BCUT2D eigenvalue weighted by Gasteiger charge is 2.54. The summed E-state index contributed by atoms with van der Waals surface area (Å²) < 4.78 is 13.4. The lowest BCUT2D eigenvalue weighted by Crippen LogP contribution is -2.59. The molecule has 3 unspecified atom stereocenters. The number of anilines is 1. The lowest BCUT2D eigenvalue weighted by Gasteiger charge is -2.58. The number of hydrogen-bond donors (Lipinski definition) is 2. The summed E-state index contributed by atoms with van der Waals surface area (Å²) in [6, 6.07) is 3.41. The van der Waals surface area contributed by atoms with Gasteiger partial charge in [-0.2, -0.15) is 0 Å². The van der Waals surface area contributed by atoms with Crippen molar-refractivity contribution in [3.05, 3.63) is 24.0 Å². The van der Waals surface area contributed by atoms with Gasteiger partial charge in [0.1, 0.15) is 17.9 Å². The zero-order chi connectivity index (χ0) is 24.1. The zero-order valence-corrected chi connectivity index (χ0v) is 22.0. The van der Waals surface area contributed by atoms with Crippen LogP contribution in [0, 0.1) is 17.8 Å². The molecule has 8 heteroatoms. The molecule has 0 radical (unpaired) electrons. The first kappa shape index (κ1) is 23.8. The summed E-state index contributed by atoms with van der Waals surface area (Å²) in [6.07, 6.45) is 8.62. The summed E-state index contributed by atoms with van der Waals surface area (Å²) >= 11 is 0. The fourth-order valence-corrected chi connectivity index (χ4v) is 7.44. The highest BCUT2D eigenvalue weighted by Crippen LogP contribution is 2.56. The average molecular weight is 486 g/mol. The molecule has 4 bridgehead atoms. The van der Waals surface area contributed by atoms with Gasteiger partial charge >= 0.3 is 5.97 Å². The van der Waals surface area contributed by atoms with E-state index in [-0.39, 0.29) is 12.0 Å². The fraction of sp³-hybridized carbons (Fsp3) is 0.692. The van der Waals surface area contributed by atoms with Crippen molar-refractivity contribution in [2.45, 2.75) is 83.1 Å². The summed E-state index contributed by atoms with van der Waals surface area (Å²) in [6.45, 7) is 10.4. The number of esters is 1. The van der Waals surface area contributed by atoms with Crippen LogP contribution in [0.3, 0.4) is 0 Å². The Morgan fingerprint density at radius 3 is 2.65 bits per heavy atom. The predicted octanol–water partition coefficient (Wildman–Crippen LogP) is 4.88. The number of carbonyl (C=O) groups excluding carboxylic acids is 1. The molecular formula is C26H39N3O4Si. The third-order valence-corrected chi connectivity index (χ3v) is 9.77. The van der Waals surface area contributed by atoms with E-state index in [4.69, 9.17) is 9.47 Å². The van der Waals surface area contributed by atoms with Gasteiger partial charge < -0.3 is 24.5 Å². The number of aromatic nitrogens is 2. The molecule has 2 aromatic rings. The number of hydrogen-bond acceptors (Lipinski definition) is 6. The van der Waals surface area contributed by atoms with Crippen molar-refractivity contribution in [3.8, 4) is 0 Å². The van der Waals surface area contributed by atoms with Crippen molar-refractivity contribution in [2.75, 3.05) is 18.5 Å². The topological polar surface area (TPSA) is 85.6 Å². The molecule has 2 N–H and O–H groups in total. The van der Waals surface area contributed by atoms with E-state index in [9.17, 15) is 9.90 Å². The second-order valence-electron chi connectivity index (χ2n) is 12.0. The Bertz CT molecular complexity index is 1050. The first-order valence-electron chi connectivity index (χ1n) is 12.9. The van der Waals surface area contributed by atoms with Gasteiger partial charge in [-0.05, 0) is 68.9 Å². The Balaban J connectivity index is 1.42. The standard InChI is InChI=1S/C26H39N3O4Si/c1-5-33-25(30)21-15-27-24-20(6-7-29(24)16-32-8-9-34(2,3)4)23(21)28-22-18-10-17-11-19(22)14-26(31,12-17)13-18/h6-7,15,17-19,22,31H,5,8-14,16H2,1-4H3,(H,27,28)/t17?,18-,19+,22?,26?. The van der Waals surface area contributed by atoms with E-state index in [1.165, 1.54) is 0 Å². The van der Waals surface area contributed by atoms with Gasteiger partial charge in [0.2, 0.25) is 0 Å². The number of rotatable bonds is 9. The monoisotopic (exact) mass is 485 g/mol. The molecule has 4 aliphatic rings. The molecule has 2 heterocycles. The van der Waals surface area contributed by atoms with Crippen LogP contribution in [-0.4, -0.2) is 53.6 Å². The second-order valence-corrected chi connectivity index (χ2v) is 17.6. The molecular weight excluding hydrogens is 446 g/mol. The minimum atomic E-state index is -1.14. The molecule has 5 atom stereocenters. The molecule has 0 amide bonds. The minimum absolute atomic E-state index is 0.256. The van der Waals surface area contributed by atoms with Gasteiger partial charge in [-0.25, -0.2) is 9.78 Å². The smallest absolute Gasteiger partial charge is 0.341 e. The van der Waals surface area contributed by atoms with Gasteiger partial charge in [-0.3, -0.25) is 0 Å². The Morgan fingerprint density at radius 2 is 2.00 bits per heavy atom. The van der Waals surface area contributed by atoms with Crippen LogP contribution >= 0.6 is 0 Å². The predicted molar refractivity (Wildman–Crippen MR) is 136 cm³/mol. The lowest BCUT2D eigenvalue weighted by molar-refractivity contribution is -0.129. The highest BCUT2D eigenvalue weighted by atomic mass is 28.3. The maximum Gasteiger partial charge on any atom is 0.341 e. The summed E-state index contributed by atoms with van der Waals surface area (Å²) in [4.78, 5) is 17.5. The van der Waals surface area contributed by atoms with Gasteiger partial charge in [0, 0.05) is 38.5 Å². The van der Waals surface area contributed by atoms with Crippen LogP contribution in [0.5, 0.6) is 0 Å². The number of nitrogens with zero attached hydrogens (tertiary/aromatic N) is 2. The molecule has 4 fully saturated rings. The molecule has 7 nitrogen and oxygen atoms in total. The Labute approximate surface area is 203 Å². The summed E-state index contributed by atoms with van der Waals surface area (Å²) in [5, 5.41) is 15.7. The third kappa shape index (κ3) is 4.64.